The zero-order valence-corrected chi connectivity index (χ0v) is 17.1. The number of hydrogen-bond donors (Lipinski definition) is 1. The van der Waals surface area contributed by atoms with E-state index in [9.17, 15) is 9.18 Å². The summed E-state index contributed by atoms with van der Waals surface area (Å²) in [5.41, 5.74) is 2.29. The molecule has 0 bridgehead atoms. The Balaban J connectivity index is 1.74. The number of hydrogen-bond acceptors (Lipinski definition) is 4. The van der Waals surface area contributed by atoms with E-state index in [0.717, 1.165) is 11.3 Å². The van der Waals surface area contributed by atoms with Gasteiger partial charge >= 0.3 is 0 Å². The molecular weight excluding hydrogens is 375 g/mol. The maximum absolute atomic E-state index is 14.0. The van der Waals surface area contributed by atoms with Gasteiger partial charge in [0.15, 0.2) is 11.0 Å². The van der Waals surface area contributed by atoms with E-state index in [0.29, 0.717) is 22.5 Å². The Morgan fingerprint density at radius 2 is 1.75 bits per heavy atom. The average molecular weight is 399 g/mol. The van der Waals surface area contributed by atoms with Crippen molar-refractivity contribution in [3.05, 3.63) is 59.9 Å². The van der Waals surface area contributed by atoms with Gasteiger partial charge in [0.2, 0.25) is 5.91 Å². The Kier molecular flexibility index (Phi) is 6.14. The molecule has 1 N–H and O–H groups in total. The van der Waals surface area contributed by atoms with Crippen LogP contribution < -0.4 is 5.32 Å². The minimum Gasteiger partial charge on any atom is -0.325 e. The van der Waals surface area contributed by atoms with Crippen LogP contribution in [0.2, 0.25) is 0 Å². The SMILES string of the molecule is CC(C)c1ccccc1NC(=O)[C@H](C)Sc1nnc(-c2ccccc2F)n1C. The average Bonchev–Trinajstić information content (AvgIpc) is 3.02. The Morgan fingerprint density at radius 3 is 2.46 bits per heavy atom. The zero-order chi connectivity index (χ0) is 20.3. The second-order valence-electron chi connectivity index (χ2n) is 6.84. The Hall–Kier alpha value is -2.67. The summed E-state index contributed by atoms with van der Waals surface area (Å²) in [6.07, 6.45) is 0. The van der Waals surface area contributed by atoms with Crippen LogP contribution in [-0.2, 0) is 11.8 Å². The van der Waals surface area contributed by atoms with E-state index in [1.54, 1.807) is 29.8 Å². The van der Waals surface area contributed by atoms with E-state index >= 15 is 0 Å². The number of halogens is 1. The summed E-state index contributed by atoms with van der Waals surface area (Å²) in [7, 11) is 1.77. The lowest BCUT2D eigenvalue weighted by Crippen LogP contribution is -2.23. The highest BCUT2D eigenvalue weighted by Gasteiger charge is 2.21. The molecule has 3 aromatic rings. The van der Waals surface area contributed by atoms with Crippen LogP contribution in [0.25, 0.3) is 11.4 Å². The summed E-state index contributed by atoms with van der Waals surface area (Å²) < 4.78 is 15.8. The fraction of sp³-hybridized carbons (Fsp3) is 0.286. The van der Waals surface area contributed by atoms with Gasteiger partial charge in [0.05, 0.1) is 10.8 Å². The van der Waals surface area contributed by atoms with Crippen molar-refractivity contribution >= 4 is 23.4 Å². The number of nitrogens with zero attached hydrogens (tertiary/aromatic N) is 3. The molecule has 3 rings (SSSR count). The van der Waals surface area contributed by atoms with Crippen LogP contribution in [0.5, 0.6) is 0 Å². The predicted octanol–water partition coefficient (Wildman–Crippen LogP) is 4.86. The normalized spacial score (nSPS) is 12.2. The molecule has 7 heteroatoms. The third-order valence-electron chi connectivity index (χ3n) is 4.44. The van der Waals surface area contributed by atoms with E-state index in [2.05, 4.69) is 29.4 Å². The van der Waals surface area contributed by atoms with Crippen molar-refractivity contribution in [2.45, 2.75) is 37.1 Å². The van der Waals surface area contributed by atoms with Crippen molar-refractivity contribution in [3.63, 3.8) is 0 Å². The number of carbonyl (C=O) groups excluding carboxylic acids is 1. The number of anilines is 1. The summed E-state index contributed by atoms with van der Waals surface area (Å²) in [6.45, 7) is 6.00. The fourth-order valence-electron chi connectivity index (χ4n) is 2.85. The van der Waals surface area contributed by atoms with Gasteiger partial charge in [0.1, 0.15) is 5.82 Å². The van der Waals surface area contributed by atoms with Crippen LogP contribution >= 0.6 is 11.8 Å². The molecule has 0 saturated carbocycles. The minimum absolute atomic E-state index is 0.117. The van der Waals surface area contributed by atoms with E-state index in [1.165, 1.54) is 17.8 Å². The zero-order valence-electron chi connectivity index (χ0n) is 16.3. The standard InChI is InChI=1S/C21H23FN4OS/c1-13(2)15-9-6-8-12-18(15)23-20(27)14(3)28-21-25-24-19(26(21)4)16-10-5-7-11-17(16)22/h5-14H,1-4H3,(H,23,27)/t14-/m0/s1. The van der Waals surface area contributed by atoms with Crippen molar-refractivity contribution < 1.29 is 9.18 Å². The van der Waals surface area contributed by atoms with Gasteiger partial charge < -0.3 is 9.88 Å². The molecule has 28 heavy (non-hydrogen) atoms. The van der Waals surface area contributed by atoms with Crippen molar-refractivity contribution in [1.29, 1.82) is 0 Å². The number of nitrogens with one attached hydrogen (secondary N) is 1. The fourth-order valence-corrected chi connectivity index (χ4v) is 3.67. The monoisotopic (exact) mass is 398 g/mol. The Bertz CT molecular complexity index is 986. The third kappa shape index (κ3) is 4.25. The molecule has 0 unspecified atom stereocenters. The van der Waals surface area contributed by atoms with Crippen molar-refractivity contribution in [1.82, 2.24) is 14.8 Å². The van der Waals surface area contributed by atoms with Crippen LogP contribution in [0, 0.1) is 5.82 Å². The first-order valence-electron chi connectivity index (χ1n) is 9.09. The Morgan fingerprint density at radius 1 is 1.07 bits per heavy atom. The Labute approximate surface area is 168 Å². The van der Waals surface area contributed by atoms with Gasteiger partial charge in [0.25, 0.3) is 0 Å². The summed E-state index contributed by atoms with van der Waals surface area (Å²) in [5.74, 6) is 0.263. The molecule has 5 nitrogen and oxygen atoms in total. The molecular formula is C21H23FN4OS. The lowest BCUT2D eigenvalue weighted by Gasteiger charge is -2.16. The number of para-hydroxylation sites is 1. The number of amides is 1. The van der Waals surface area contributed by atoms with Gasteiger partial charge in [-0.15, -0.1) is 10.2 Å². The van der Waals surface area contributed by atoms with E-state index in [4.69, 9.17) is 0 Å². The van der Waals surface area contributed by atoms with E-state index < -0.39 is 5.25 Å². The maximum Gasteiger partial charge on any atom is 0.237 e. The predicted molar refractivity (Wildman–Crippen MR) is 111 cm³/mol. The molecule has 0 aliphatic carbocycles. The lowest BCUT2D eigenvalue weighted by atomic mass is 10.0. The maximum atomic E-state index is 14.0. The van der Waals surface area contributed by atoms with Gasteiger partial charge in [-0.25, -0.2) is 4.39 Å². The minimum atomic E-state index is -0.392. The van der Waals surface area contributed by atoms with Crippen LogP contribution in [0.1, 0.15) is 32.3 Å². The number of benzene rings is 2. The topological polar surface area (TPSA) is 59.8 Å². The number of rotatable bonds is 6. The first kappa shape index (κ1) is 20.1. The summed E-state index contributed by atoms with van der Waals surface area (Å²) in [6, 6.07) is 14.2. The van der Waals surface area contributed by atoms with Crippen LogP contribution in [0.4, 0.5) is 10.1 Å². The third-order valence-corrected chi connectivity index (χ3v) is 5.58. The lowest BCUT2D eigenvalue weighted by molar-refractivity contribution is -0.115. The van der Waals surface area contributed by atoms with Gasteiger partial charge in [-0.2, -0.15) is 0 Å². The molecule has 0 fully saturated rings. The molecule has 0 spiro atoms. The van der Waals surface area contributed by atoms with E-state index in [-0.39, 0.29) is 11.7 Å². The summed E-state index contributed by atoms with van der Waals surface area (Å²) in [5, 5.41) is 11.4. The number of carbonyl (C=O) groups is 1. The van der Waals surface area contributed by atoms with Crippen molar-refractivity contribution in [2.24, 2.45) is 7.05 Å². The quantitative estimate of drug-likeness (QED) is 0.602. The second-order valence-corrected chi connectivity index (χ2v) is 8.14. The van der Waals surface area contributed by atoms with Crippen molar-refractivity contribution in [2.75, 3.05) is 5.32 Å². The number of thioether (sulfide) groups is 1. The van der Waals surface area contributed by atoms with Crippen LogP contribution in [-0.4, -0.2) is 25.9 Å². The van der Waals surface area contributed by atoms with Gasteiger partial charge in [-0.05, 0) is 36.6 Å². The molecule has 1 atom stereocenters. The first-order valence-corrected chi connectivity index (χ1v) is 9.97. The highest BCUT2D eigenvalue weighted by Crippen LogP contribution is 2.29. The summed E-state index contributed by atoms with van der Waals surface area (Å²) in [4.78, 5) is 12.7. The van der Waals surface area contributed by atoms with Crippen LogP contribution in [0.3, 0.4) is 0 Å². The smallest absolute Gasteiger partial charge is 0.237 e. The molecule has 2 aromatic carbocycles. The first-order chi connectivity index (χ1) is 13.4. The molecule has 1 heterocycles. The molecule has 0 aliphatic rings. The van der Waals surface area contributed by atoms with Gasteiger partial charge in [0, 0.05) is 12.7 Å². The van der Waals surface area contributed by atoms with Crippen LogP contribution in [0.15, 0.2) is 53.7 Å². The molecule has 0 saturated heterocycles. The number of aromatic nitrogens is 3. The summed E-state index contributed by atoms with van der Waals surface area (Å²) >= 11 is 1.29. The molecule has 146 valence electrons. The van der Waals surface area contributed by atoms with E-state index in [1.807, 2.05) is 31.2 Å². The van der Waals surface area contributed by atoms with Gasteiger partial charge in [-0.1, -0.05) is 55.9 Å². The van der Waals surface area contributed by atoms with Crippen molar-refractivity contribution in [3.8, 4) is 11.4 Å². The highest BCUT2D eigenvalue weighted by molar-refractivity contribution is 8.00. The largest absolute Gasteiger partial charge is 0.325 e. The molecule has 1 aromatic heterocycles. The van der Waals surface area contributed by atoms with Gasteiger partial charge in [-0.3, -0.25) is 4.79 Å². The highest BCUT2D eigenvalue weighted by atomic mass is 32.2. The molecule has 1 amide bonds. The second kappa shape index (κ2) is 8.56. The molecule has 0 aliphatic heterocycles. The molecule has 0 radical (unpaired) electrons.